The Bertz CT molecular complexity index is 1990. The van der Waals surface area contributed by atoms with Gasteiger partial charge in [0, 0.05) is 7.05 Å². The van der Waals surface area contributed by atoms with Crippen molar-refractivity contribution in [3.8, 4) is 28.8 Å². The van der Waals surface area contributed by atoms with Crippen molar-refractivity contribution in [2.75, 3.05) is 27.7 Å². The molecular weight excluding hydrogens is 601 g/mol. The molecule has 1 amide bonds. The maximum absolute atomic E-state index is 14.0. The van der Waals surface area contributed by atoms with Crippen LogP contribution >= 0.6 is 0 Å². The average molecular weight is 634 g/mol. The third-order valence-corrected chi connectivity index (χ3v) is 7.36. The first-order valence-electron chi connectivity index (χ1n) is 14.3. The number of oxazole rings is 1. The number of nitrogens with one attached hydrogen (secondary N) is 1. The third kappa shape index (κ3) is 6.50. The van der Waals surface area contributed by atoms with Gasteiger partial charge in [-0.3, -0.25) is 14.3 Å². The van der Waals surface area contributed by atoms with Crippen LogP contribution in [-0.4, -0.2) is 62.2 Å². The number of halogens is 3. The molecule has 5 aromatic rings. The molecular formula is C32H32F3N8O3+. The Hall–Kier alpha value is -5.42. The first-order chi connectivity index (χ1) is 21.7. The molecule has 46 heavy (non-hydrogen) atoms. The standard InChI is InChI=1S/C32H31F3N8O3/c1-20(30-37-19-25(46-30)14-16-43(3,4)5)39-29(44)27-28(26-13-15-38-41(26)23-11-9-21(18-36)10-12-23)40(2)42(31(27)45)24-8-6-7-22(17-24)32(33,34)35/h6-13,15,17,19-20H,14,16H2,1-5H3/p+1. The number of hydrogen-bond acceptors (Lipinski definition) is 6. The minimum absolute atomic E-state index is 0.0882. The number of benzene rings is 2. The lowest BCUT2D eigenvalue weighted by Gasteiger charge is -2.22. The third-order valence-electron chi connectivity index (χ3n) is 7.36. The highest BCUT2D eigenvalue weighted by atomic mass is 19.4. The number of carbonyl (C=O) groups excluding carboxylic acids is 1. The van der Waals surface area contributed by atoms with E-state index >= 15 is 0 Å². The van der Waals surface area contributed by atoms with Gasteiger partial charge in [-0.15, -0.1) is 0 Å². The van der Waals surface area contributed by atoms with Crippen LogP contribution in [0, 0.1) is 11.3 Å². The molecule has 0 saturated heterocycles. The molecule has 3 heterocycles. The lowest BCUT2D eigenvalue weighted by atomic mass is 10.1. The van der Waals surface area contributed by atoms with Gasteiger partial charge >= 0.3 is 6.18 Å². The highest BCUT2D eigenvalue weighted by Gasteiger charge is 2.33. The smallest absolute Gasteiger partial charge is 0.416 e. The Kier molecular flexibility index (Phi) is 8.46. The van der Waals surface area contributed by atoms with E-state index in [-0.39, 0.29) is 22.8 Å². The summed E-state index contributed by atoms with van der Waals surface area (Å²) in [7, 11) is 7.63. The van der Waals surface area contributed by atoms with Crippen molar-refractivity contribution in [3.63, 3.8) is 0 Å². The predicted molar refractivity (Wildman–Crippen MR) is 162 cm³/mol. The van der Waals surface area contributed by atoms with Crippen LogP contribution in [0.3, 0.4) is 0 Å². The van der Waals surface area contributed by atoms with E-state index < -0.39 is 29.2 Å². The highest BCUT2D eigenvalue weighted by molar-refractivity contribution is 6.00. The van der Waals surface area contributed by atoms with E-state index in [2.05, 4.69) is 36.5 Å². The first kappa shape index (κ1) is 32.0. The van der Waals surface area contributed by atoms with Crippen molar-refractivity contribution in [3.05, 3.63) is 106 Å². The van der Waals surface area contributed by atoms with Crippen molar-refractivity contribution in [2.45, 2.75) is 25.6 Å². The number of rotatable bonds is 9. The van der Waals surface area contributed by atoms with Gasteiger partial charge in [0.1, 0.15) is 23.1 Å². The van der Waals surface area contributed by atoms with Crippen LogP contribution in [-0.2, 0) is 19.6 Å². The van der Waals surface area contributed by atoms with Crippen LogP contribution in [0.1, 0.15) is 46.1 Å². The van der Waals surface area contributed by atoms with Crippen LogP contribution in [0.15, 0.2) is 76.2 Å². The van der Waals surface area contributed by atoms with E-state index in [1.165, 1.54) is 34.7 Å². The van der Waals surface area contributed by atoms with E-state index in [1.54, 1.807) is 43.5 Å². The Balaban J connectivity index is 1.60. The van der Waals surface area contributed by atoms with Crippen LogP contribution < -0.4 is 10.9 Å². The Morgan fingerprint density at radius 2 is 1.83 bits per heavy atom. The SMILES string of the molecule is CC(NC(=O)c1c(-c2ccnn2-c2ccc(C#N)cc2)n(C)n(-c2cccc(C(F)(F)F)c2)c1=O)c1ncc(CC[N+](C)(C)C)o1. The van der Waals surface area contributed by atoms with Gasteiger partial charge in [0.25, 0.3) is 11.5 Å². The summed E-state index contributed by atoms with van der Waals surface area (Å²) in [6.07, 6.45) is -0.966. The summed E-state index contributed by atoms with van der Waals surface area (Å²) in [6.45, 7) is 2.45. The van der Waals surface area contributed by atoms with Gasteiger partial charge in [0.05, 0.1) is 80.8 Å². The molecule has 1 atom stereocenters. The molecule has 0 aliphatic carbocycles. The zero-order chi connectivity index (χ0) is 33.4. The van der Waals surface area contributed by atoms with Crippen LogP contribution in [0.5, 0.6) is 0 Å². The van der Waals surface area contributed by atoms with Gasteiger partial charge < -0.3 is 14.2 Å². The molecule has 0 saturated carbocycles. The fraction of sp³-hybridized carbons (Fsp3) is 0.281. The number of hydrogen-bond donors (Lipinski definition) is 1. The van der Waals surface area contributed by atoms with Crippen LogP contribution in [0.2, 0.25) is 0 Å². The molecule has 5 rings (SSSR count). The van der Waals surface area contributed by atoms with Crippen molar-refractivity contribution < 1.29 is 26.9 Å². The summed E-state index contributed by atoms with van der Waals surface area (Å²) in [6, 6.07) is 13.7. The number of amides is 1. The summed E-state index contributed by atoms with van der Waals surface area (Å²) in [5.41, 5.74) is -0.844. The van der Waals surface area contributed by atoms with Gasteiger partial charge in [-0.05, 0) is 55.5 Å². The summed E-state index contributed by atoms with van der Waals surface area (Å²) in [5.74, 6) is 0.0957. The van der Waals surface area contributed by atoms with Crippen molar-refractivity contribution in [1.82, 2.24) is 29.4 Å². The molecule has 0 radical (unpaired) electrons. The largest absolute Gasteiger partial charge is 0.443 e. The average Bonchev–Trinajstić information content (AvgIpc) is 3.73. The topological polar surface area (TPSA) is 124 Å². The minimum atomic E-state index is -4.65. The zero-order valence-electron chi connectivity index (χ0n) is 25.8. The Labute approximate surface area is 262 Å². The fourth-order valence-corrected chi connectivity index (χ4v) is 4.99. The van der Waals surface area contributed by atoms with Gasteiger partial charge in [-0.25, -0.2) is 14.3 Å². The van der Waals surface area contributed by atoms with Crippen molar-refractivity contribution in [1.29, 1.82) is 5.26 Å². The fourth-order valence-electron chi connectivity index (χ4n) is 4.99. The molecule has 238 valence electrons. The van der Waals surface area contributed by atoms with E-state index in [9.17, 15) is 28.0 Å². The number of likely N-dealkylation sites (N-methyl/N-ethyl adjacent to an activating group) is 1. The molecule has 0 fully saturated rings. The number of nitriles is 1. The van der Waals surface area contributed by atoms with Gasteiger partial charge in [0.2, 0.25) is 5.89 Å². The molecule has 2 aromatic carbocycles. The van der Waals surface area contributed by atoms with Crippen LogP contribution in [0.25, 0.3) is 22.8 Å². The van der Waals surface area contributed by atoms with Gasteiger partial charge in [0.15, 0.2) is 0 Å². The first-order valence-corrected chi connectivity index (χ1v) is 14.3. The summed E-state index contributed by atoms with van der Waals surface area (Å²) in [5, 5.41) is 16.3. The number of aromatic nitrogens is 5. The van der Waals surface area contributed by atoms with E-state index in [0.29, 0.717) is 29.1 Å². The normalized spacial score (nSPS) is 12.6. The number of quaternary nitrogens is 1. The second kappa shape index (κ2) is 12.2. The number of nitrogens with zero attached hydrogens (tertiary/aromatic N) is 7. The second-order valence-corrected chi connectivity index (χ2v) is 11.8. The van der Waals surface area contributed by atoms with E-state index in [1.807, 2.05) is 6.07 Å². The molecule has 0 spiro atoms. The lowest BCUT2D eigenvalue weighted by molar-refractivity contribution is -0.870. The molecule has 1 N–H and O–H groups in total. The second-order valence-electron chi connectivity index (χ2n) is 11.8. The zero-order valence-corrected chi connectivity index (χ0v) is 25.8. The molecule has 0 aliphatic rings. The Morgan fingerprint density at radius 3 is 2.48 bits per heavy atom. The van der Waals surface area contributed by atoms with Crippen molar-refractivity contribution in [2.24, 2.45) is 7.05 Å². The highest BCUT2D eigenvalue weighted by Crippen LogP contribution is 2.31. The molecule has 0 aliphatic heterocycles. The maximum atomic E-state index is 14.0. The minimum Gasteiger partial charge on any atom is -0.443 e. The molecule has 11 nitrogen and oxygen atoms in total. The molecule has 3 aromatic heterocycles. The molecule has 14 heteroatoms. The number of alkyl halides is 3. The molecule has 0 bridgehead atoms. The quantitative estimate of drug-likeness (QED) is 0.236. The van der Waals surface area contributed by atoms with E-state index in [4.69, 9.17) is 4.42 Å². The Morgan fingerprint density at radius 1 is 1.11 bits per heavy atom. The summed E-state index contributed by atoms with van der Waals surface area (Å²) >= 11 is 0. The van der Waals surface area contributed by atoms with Crippen LogP contribution in [0.4, 0.5) is 13.2 Å². The number of carbonyl (C=O) groups is 1. The monoisotopic (exact) mass is 633 g/mol. The van der Waals surface area contributed by atoms with E-state index in [0.717, 1.165) is 27.8 Å². The van der Waals surface area contributed by atoms with Gasteiger partial charge in [-0.1, -0.05) is 6.07 Å². The maximum Gasteiger partial charge on any atom is 0.416 e. The lowest BCUT2D eigenvalue weighted by Crippen LogP contribution is -2.36. The van der Waals surface area contributed by atoms with Crippen molar-refractivity contribution >= 4 is 5.91 Å². The molecule has 1 unspecified atom stereocenters. The summed E-state index contributed by atoms with van der Waals surface area (Å²) < 4.78 is 51.3. The predicted octanol–water partition coefficient (Wildman–Crippen LogP) is 4.65. The van der Waals surface area contributed by atoms with Gasteiger partial charge in [-0.2, -0.15) is 23.5 Å². The summed E-state index contributed by atoms with van der Waals surface area (Å²) in [4.78, 5) is 32.3.